The van der Waals surface area contributed by atoms with Crippen molar-refractivity contribution in [2.75, 3.05) is 0 Å². The number of hydrogen-bond acceptors (Lipinski definition) is 3. The predicted octanol–water partition coefficient (Wildman–Crippen LogP) is 9.75. The highest BCUT2D eigenvalue weighted by atomic mass is 14.9. The largest absolute Gasteiger partial charge is 0.255 e. The number of nitrogens with zero attached hydrogens (tertiary/aromatic N) is 3. The standard InChI is InChI=1S/C37H39N3/c1-24-19-25(2)21-29(20-24)31-12-10-9-11-30(31)26-13-15-27(16-14-26)32-18-17-28(23-38-32)35-39-33(36(3,4)5)22-34(40-35)37(6,7)8/h9-23H,1-8H3. The number of rotatable bonds is 4. The Labute approximate surface area is 239 Å². The normalized spacial score (nSPS) is 12.0. The summed E-state index contributed by atoms with van der Waals surface area (Å²) in [5.74, 6) is 0.731. The Morgan fingerprint density at radius 3 is 1.50 bits per heavy atom. The van der Waals surface area contributed by atoms with Crippen LogP contribution in [0.25, 0.3) is 44.9 Å². The van der Waals surface area contributed by atoms with Crippen LogP contribution in [0.4, 0.5) is 0 Å². The molecule has 0 radical (unpaired) electrons. The molecule has 0 N–H and O–H groups in total. The summed E-state index contributed by atoms with van der Waals surface area (Å²) in [5.41, 5.74) is 12.4. The maximum Gasteiger partial charge on any atom is 0.161 e. The van der Waals surface area contributed by atoms with Gasteiger partial charge < -0.3 is 0 Å². The van der Waals surface area contributed by atoms with E-state index in [1.807, 2.05) is 6.20 Å². The van der Waals surface area contributed by atoms with Crippen LogP contribution in [0.5, 0.6) is 0 Å². The summed E-state index contributed by atoms with van der Waals surface area (Å²) in [4.78, 5) is 14.7. The van der Waals surface area contributed by atoms with Crippen LogP contribution in [0.3, 0.4) is 0 Å². The molecule has 5 aromatic rings. The highest BCUT2D eigenvalue weighted by Crippen LogP contribution is 2.34. The van der Waals surface area contributed by atoms with Gasteiger partial charge in [0, 0.05) is 28.2 Å². The summed E-state index contributed by atoms with van der Waals surface area (Å²) < 4.78 is 0. The second-order valence-corrected chi connectivity index (χ2v) is 12.9. The number of pyridine rings is 1. The highest BCUT2D eigenvalue weighted by Gasteiger charge is 2.23. The predicted molar refractivity (Wildman–Crippen MR) is 168 cm³/mol. The van der Waals surface area contributed by atoms with Crippen LogP contribution in [0.15, 0.2) is 91.1 Å². The van der Waals surface area contributed by atoms with Crippen molar-refractivity contribution in [3.8, 4) is 44.9 Å². The van der Waals surface area contributed by atoms with Gasteiger partial charge >= 0.3 is 0 Å². The summed E-state index contributed by atoms with van der Waals surface area (Å²) in [6, 6.07) is 30.4. The van der Waals surface area contributed by atoms with Gasteiger partial charge in [0.1, 0.15) is 0 Å². The molecule has 0 saturated carbocycles. The molecule has 0 aliphatic rings. The van der Waals surface area contributed by atoms with Crippen molar-refractivity contribution in [1.29, 1.82) is 0 Å². The van der Waals surface area contributed by atoms with Gasteiger partial charge in [-0.15, -0.1) is 0 Å². The van der Waals surface area contributed by atoms with Crippen molar-refractivity contribution < 1.29 is 0 Å². The molecule has 0 spiro atoms. The lowest BCUT2D eigenvalue weighted by Gasteiger charge is -2.24. The monoisotopic (exact) mass is 525 g/mol. The summed E-state index contributed by atoms with van der Waals surface area (Å²) in [5, 5.41) is 0. The van der Waals surface area contributed by atoms with Gasteiger partial charge in [0.25, 0.3) is 0 Å². The lowest BCUT2D eigenvalue weighted by molar-refractivity contribution is 0.539. The van der Waals surface area contributed by atoms with Crippen LogP contribution in [0.1, 0.15) is 64.1 Å². The smallest absolute Gasteiger partial charge is 0.161 e. The molecule has 40 heavy (non-hydrogen) atoms. The van der Waals surface area contributed by atoms with Crippen LogP contribution < -0.4 is 0 Å². The van der Waals surface area contributed by atoms with Gasteiger partial charge in [-0.3, -0.25) is 4.98 Å². The molecular weight excluding hydrogens is 486 g/mol. The Bertz CT molecular complexity index is 1600. The van der Waals surface area contributed by atoms with E-state index in [-0.39, 0.29) is 10.8 Å². The maximum atomic E-state index is 4.93. The molecule has 0 amide bonds. The minimum absolute atomic E-state index is 0.0659. The minimum Gasteiger partial charge on any atom is -0.255 e. The molecule has 3 heteroatoms. The summed E-state index contributed by atoms with van der Waals surface area (Å²) in [7, 11) is 0. The van der Waals surface area contributed by atoms with Crippen molar-refractivity contribution >= 4 is 0 Å². The zero-order valence-corrected chi connectivity index (χ0v) is 25.0. The quantitative estimate of drug-likeness (QED) is 0.234. The summed E-state index contributed by atoms with van der Waals surface area (Å²) in [6.07, 6.45) is 1.90. The summed E-state index contributed by atoms with van der Waals surface area (Å²) in [6.45, 7) is 17.5. The Morgan fingerprint density at radius 1 is 0.500 bits per heavy atom. The second kappa shape index (κ2) is 10.5. The fourth-order valence-electron chi connectivity index (χ4n) is 4.98. The molecule has 0 atom stereocenters. The van der Waals surface area contributed by atoms with E-state index in [9.17, 15) is 0 Å². The third-order valence-corrected chi connectivity index (χ3v) is 7.24. The van der Waals surface area contributed by atoms with Gasteiger partial charge in [-0.25, -0.2) is 9.97 Å². The second-order valence-electron chi connectivity index (χ2n) is 12.9. The van der Waals surface area contributed by atoms with Gasteiger partial charge in [0.15, 0.2) is 5.82 Å². The average molecular weight is 526 g/mol. The van der Waals surface area contributed by atoms with Crippen LogP contribution in [0, 0.1) is 13.8 Å². The van der Waals surface area contributed by atoms with Crippen LogP contribution in [-0.4, -0.2) is 15.0 Å². The van der Waals surface area contributed by atoms with E-state index in [1.54, 1.807) is 0 Å². The first-order chi connectivity index (χ1) is 18.9. The zero-order chi connectivity index (χ0) is 28.7. The Morgan fingerprint density at radius 2 is 1.00 bits per heavy atom. The number of aromatic nitrogens is 3. The van der Waals surface area contributed by atoms with E-state index in [4.69, 9.17) is 15.0 Å². The Kier molecular flexibility index (Phi) is 7.18. The van der Waals surface area contributed by atoms with Crippen molar-refractivity contribution in [1.82, 2.24) is 15.0 Å². The number of benzene rings is 3. The first-order valence-electron chi connectivity index (χ1n) is 14.0. The van der Waals surface area contributed by atoms with Gasteiger partial charge in [-0.05, 0) is 54.3 Å². The Hall–Kier alpha value is -4.11. The molecule has 3 aromatic carbocycles. The van der Waals surface area contributed by atoms with E-state index in [1.165, 1.54) is 33.4 Å². The Balaban J connectivity index is 1.45. The highest BCUT2D eigenvalue weighted by molar-refractivity contribution is 5.84. The van der Waals surface area contributed by atoms with E-state index in [0.29, 0.717) is 0 Å². The maximum absolute atomic E-state index is 4.93. The molecule has 0 aliphatic carbocycles. The topological polar surface area (TPSA) is 38.7 Å². The average Bonchev–Trinajstić information content (AvgIpc) is 2.91. The van der Waals surface area contributed by atoms with Crippen LogP contribution in [0.2, 0.25) is 0 Å². The minimum atomic E-state index is -0.0659. The lowest BCUT2D eigenvalue weighted by Crippen LogP contribution is -2.20. The molecule has 0 fully saturated rings. The van der Waals surface area contributed by atoms with E-state index in [2.05, 4.69) is 140 Å². The van der Waals surface area contributed by atoms with Gasteiger partial charge in [0.2, 0.25) is 0 Å². The SMILES string of the molecule is Cc1cc(C)cc(-c2ccccc2-c2ccc(-c3ccc(-c4nc(C(C)(C)C)cc(C(C)(C)C)n4)cn3)cc2)c1. The zero-order valence-electron chi connectivity index (χ0n) is 25.0. The molecule has 5 rings (SSSR count). The number of hydrogen-bond donors (Lipinski definition) is 0. The molecule has 0 saturated heterocycles. The third-order valence-electron chi connectivity index (χ3n) is 7.24. The molecule has 0 aliphatic heterocycles. The van der Waals surface area contributed by atoms with Crippen LogP contribution in [-0.2, 0) is 10.8 Å². The fraction of sp³-hybridized carbons (Fsp3) is 0.270. The van der Waals surface area contributed by atoms with Gasteiger partial charge in [0.05, 0.1) is 17.1 Å². The third kappa shape index (κ3) is 5.89. The molecule has 0 bridgehead atoms. The fourth-order valence-corrected chi connectivity index (χ4v) is 4.98. The van der Waals surface area contributed by atoms with Crippen molar-refractivity contribution in [2.24, 2.45) is 0 Å². The lowest BCUT2D eigenvalue weighted by atomic mass is 9.86. The van der Waals surface area contributed by atoms with Crippen LogP contribution >= 0.6 is 0 Å². The van der Waals surface area contributed by atoms with Crippen molar-refractivity contribution in [3.63, 3.8) is 0 Å². The molecule has 3 nitrogen and oxygen atoms in total. The number of aryl methyl sites for hydroxylation is 2. The first kappa shape index (κ1) is 27.5. The first-order valence-corrected chi connectivity index (χ1v) is 14.0. The molecule has 2 heterocycles. The van der Waals surface area contributed by atoms with E-state index < -0.39 is 0 Å². The van der Waals surface area contributed by atoms with Crippen molar-refractivity contribution in [2.45, 2.75) is 66.2 Å². The van der Waals surface area contributed by atoms with Gasteiger partial charge in [-0.1, -0.05) is 119 Å². The molecular formula is C37H39N3. The summed E-state index contributed by atoms with van der Waals surface area (Å²) >= 11 is 0. The molecule has 202 valence electrons. The molecule has 2 aromatic heterocycles. The van der Waals surface area contributed by atoms with E-state index >= 15 is 0 Å². The van der Waals surface area contributed by atoms with Crippen molar-refractivity contribution in [3.05, 3.63) is 114 Å². The molecule has 0 unspecified atom stereocenters. The van der Waals surface area contributed by atoms with Gasteiger partial charge in [-0.2, -0.15) is 0 Å². The van der Waals surface area contributed by atoms with E-state index in [0.717, 1.165) is 34.0 Å².